The summed E-state index contributed by atoms with van der Waals surface area (Å²) in [5, 5.41) is 9.82. The minimum absolute atomic E-state index is 0.0170. The van der Waals surface area contributed by atoms with Crippen molar-refractivity contribution >= 4 is 34.7 Å². The number of halogens is 2. The fourth-order valence-corrected chi connectivity index (χ4v) is 2.25. The van der Waals surface area contributed by atoms with Gasteiger partial charge in [-0.05, 0) is 24.1 Å². The van der Waals surface area contributed by atoms with Crippen molar-refractivity contribution in [1.29, 1.82) is 0 Å². The van der Waals surface area contributed by atoms with Crippen LogP contribution < -0.4 is 0 Å². The molecule has 2 nitrogen and oxygen atoms in total. The first-order valence-corrected chi connectivity index (χ1v) is 6.17. The van der Waals surface area contributed by atoms with Crippen LogP contribution in [-0.4, -0.2) is 11.1 Å². The molecule has 0 bridgehead atoms. The van der Waals surface area contributed by atoms with E-state index in [0.29, 0.717) is 10.0 Å². The van der Waals surface area contributed by atoms with Gasteiger partial charge in [0.25, 0.3) is 0 Å². The smallest absolute Gasteiger partial charge is 0.307 e. The zero-order valence-electron chi connectivity index (χ0n) is 9.54. The molecule has 1 rings (SSSR count). The number of aliphatic carboxylic acids is 1. The van der Waals surface area contributed by atoms with Gasteiger partial charge in [-0.25, -0.2) is 0 Å². The highest BCUT2D eigenvalue weighted by Crippen LogP contribution is 2.33. The number of rotatable bonds is 5. The Morgan fingerprint density at radius 2 is 1.94 bits per heavy atom. The van der Waals surface area contributed by atoms with Crippen molar-refractivity contribution < 1.29 is 9.90 Å². The SMILES string of the molecule is CCC/C(=C\CC(=O)O)c1c(Cl)cccc1Cl. The van der Waals surface area contributed by atoms with Gasteiger partial charge in [-0.15, -0.1) is 0 Å². The van der Waals surface area contributed by atoms with Gasteiger partial charge in [-0.2, -0.15) is 0 Å². The third kappa shape index (κ3) is 4.06. The molecule has 0 spiro atoms. The second-order valence-corrected chi connectivity index (χ2v) is 4.49. The van der Waals surface area contributed by atoms with Gasteiger partial charge in [0, 0.05) is 15.6 Å². The van der Waals surface area contributed by atoms with Gasteiger partial charge in [-0.3, -0.25) is 4.79 Å². The number of hydrogen-bond donors (Lipinski definition) is 1. The van der Waals surface area contributed by atoms with Crippen LogP contribution in [0, 0.1) is 0 Å². The summed E-state index contributed by atoms with van der Waals surface area (Å²) in [5.41, 5.74) is 1.64. The zero-order valence-corrected chi connectivity index (χ0v) is 11.1. The summed E-state index contributed by atoms with van der Waals surface area (Å²) in [6.07, 6.45) is 3.33. The molecule has 0 radical (unpaired) electrons. The molecule has 0 aromatic heterocycles. The predicted octanol–water partition coefficient (Wildman–Crippen LogP) is 4.65. The van der Waals surface area contributed by atoms with Gasteiger partial charge < -0.3 is 5.11 Å². The number of benzene rings is 1. The van der Waals surface area contributed by atoms with E-state index in [0.717, 1.165) is 24.0 Å². The molecule has 0 unspecified atom stereocenters. The third-order valence-electron chi connectivity index (χ3n) is 2.33. The van der Waals surface area contributed by atoms with E-state index in [4.69, 9.17) is 28.3 Å². The molecule has 92 valence electrons. The van der Waals surface area contributed by atoms with E-state index in [1.165, 1.54) is 0 Å². The van der Waals surface area contributed by atoms with E-state index in [-0.39, 0.29) is 6.42 Å². The Labute approximate surface area is 111 Å². The van der Waals surface area contributed by atoms with E-state index in [1.54, 1.807) is 24.3 Å². The van der Waals surface area contributed by atoms with Crippen LogP contribution >= 0.6 is 23.2 Å². The van der Waals surface area contributed by atoms with Gasteiger partial charge >= 0.3 is 5.97 Å². The van der Waals surface area contributed by atoms with Crippen molar-refractivity contribution in [2.24, 2.45) is 0 Å². The topological polar surface area (TPSA) is 37.3 Å². The highest BCUT2D eigenvalue weighted by Gasteiger charge is 2.10. The minimum Gasteiger partial charge on any atom is -0.481 e. The second kappa shape index (κ2) is 6.67. The lowest BCUT2D eigenvalue weighted by Gasteiger charge is -2.10. The molecule has 1 N–H and O–H groups in total. The van der Waals surface area contributed by atoms with Crippen LogP contribution in [0.5, 0.6) is 0 Å². The molecule has 17 heavy (non-hydrogen) atoms. The Balaban J connectivity index is 3.13. The van der Waals surface area contributed by atoms with Crippen LogP contribution in [0.15, 0.2) is 24.3 Å². The van der Waals surface area contributed by atoms with E-state index in [1.807, 2.05) is 6.92 Å². The first-order chi connectivity index (χ1) is 8.06. The molecule has 1 aromatic rings. The third-order valence-corrected chi connectivity index (χ3v) is 2.96. The Hall–Kier alpha value is -0.990. The molecule has 1 aromatic carbocycles. The summed E-state index contributed by atoms with van der Waals surface area (Å²) in [6, 6.07) is 5.29. The van der Waals surface area contributed by atoms with Crippen molar-refractivity contribution in [2.45, 2.75) is 26.2 Å². The summed E-state index contributed by atoms with van der Waals surface area (Å²) in [4.78, 5) is 10.6. The standard InChI is InChI=1S/C13H14Cl2O2/c1-2-4-9(7-8-12(16)17)13-10(14)5-3-6-11(13)15/h3,5-7H,2,4,8H2,1H3,(H,16,17)/b9-7+. The van der Waals surface area contributed by atoms with Crippen molar-refractivity contribution in [1.82, 2.24) is 0 Å². The maximum absolute atomic E-state index is 10.6. The number of hydrogen-bond acceptors (Lipinski definition) is 1. The van der Waals surface area contributed by atoms with Gasteiger partial charge in [0.05, 0.1) is 6.42 Å². The zero-order chi connectivity index (χ0) is 12.8. The van der Waals surface area contributed by atoms with Gasteiger partial charge in [0.1, 0.15) is 0 Å². The quantitative estimate of drug-likeness (QED) is 0.847. The molecule has 0 saturated carbocycles. The summed E-state index contributed by atoms with van der Waals surface area (Å²) >= 11 is 12.2. The molecule has 0 fully saturated rings. The molecular weight excluding hydrogens is 259 g/mol. The normalized spacial score (nSPS) is 11.6. The molecule has 0 amide bonds. The largest absolute Gasteiger partial charge is 0.481 e. The number of carboxylic acid groups (broad SMARTS) is 1. The summed E-state index contributed by atoms with van der Waals surface area (Å²) < 4.78 is 0. The van der Waals surface area contributed by atoms with Gasteiger partial charge in [-0.1, -0.05) is 48.7 Å². The highest BCUT2D eigenvalue weighted by atomic mass is 35.5. The molecule has 0 saturated heterocycles. The lowest BCUT2D eigenvalue weighted by Crippen LogP contribution is -1.94. The number of allylic oxidation sites excluding steroid dienone is 1. The van der Waals surface area contributed by atoms with Gasteiger partial charge in [0.15, 0.2) is 0 Å². The average Bonchev–Trinajstić information content (AvgIpc) is 2.25. The van der Waals surface area contributed by atoms with E-state index < -0.39 is 5.97 Å². The Bertz CT molecular complexity index is 419. The van der Waals surface area contributed by atoms with Crippen molar-refractivity contribution in [3.8, 4) is 0 Å². The van der Waals surface area contributed by atoms with Crippen molar-refractivity contribution in [3.63, 3.8) is 0 Å². The summed E-state index contributed by atoms with van der Waals surface area (Å²) in [7, 11) is 0. The lowest BCUT2D eigenvalue weighted by atomic mass is 10.00. The lowest BCUT2D eigenvalue weighted by molar-refractivity contribution is -0.135. The van der Waals surface area contributed by atoms with Crippen molar-refractivity contribution in [2.75, 3.05) is 0 Å². The number of carbonyl (C=O) groups is 1. The van der Waals surface area contributed by atoms with Gasteiger partial charge in [0.2, 0.25) is 0 Å². The Morgan fingerprint density at radius 1 is 1.35 bits per heavy atom. The summed E-state index contributed by atoms with van der Waals surface area (Å²) in [6.45, 7) is 2.03. The maximum atomic E-state index is 10.6. The Kier molecular flexibility index (Phi) is 5.52. The Morgan fingerprint density at radius 3 is 2.41 bits per heavy atom. The van der Waals surface area contributed by atoms with Crippen LogP contribution in [0.1, 0.15) is 31.7 Å². The molecule has 0 aliphatic carbocycles. The molecule has 4 heteroatoms. The molecular formula is C13H14Cl2O2. The van der Waals surface area contributed by atoms with Crippen LogP contribution in [-0.2, 0) is 4.79 Å². The maximum Gasteiger partial charge on any atom is 0.307 e. The molecule has 0 aliphatic rings. The van der Waals surface area contributed by atoms with Crippen LogP contribution in [0.25, 0.3) is 5.57 Å². The first-order valence-electron chi connectivity index (χ1n) is 5.41. The summed E-state index contributed by atoms with van der Waals surface area (Å²) in [5.74, 6) is -0.859. The predicted molar refractivity (Wildman–Crippen MR) is 71.6 cm³/mol. The number of carboxylic acids is 1. The molecule has 0 atom stereocenters. The molecule has 0 aliphatic heterocycles. The van der Waals surface area contributed by atoms with Crippen LogP contribution in [0.4, 0.5) is 0 Å². The monoisotopic (exact) mass is 272 g/mol. The van der Waals surface area contributed by atoms with E-state index >= 15 is 0 Å². The first kappa shape index (κ1) is 14.1. The fourth-order valence-electron chi connectivity index (χ4n) is 1.61. The minimum atomic E-state index is -0.859. The second-order valence-electron chi connectivity index (χ2n) is 3.67. The van der Waals surface area contributed by atoms with E-state index in [2.05, 4.69) is 0 Å². The van der Waals surface area contributed by atoms with Crippen LogP contribution in [0.3, 0.4) is 0 Å². The molecule has 0 heterocycles. The van der Waals surface area contributed by atoms with Crippen molar-refractivity contribution in [3.05, 3.63) is 39.9 Å². The average molecular weight is 273 g/mol. The highest BCUT2D eigenvalue weighted by molar-refractivity contribution is 6.37. The van der Waals surface area contributed by atoms with Crippen LogP contribution in [0.2, 0.25) is 10.0 Å². The fraction of sp³-hybridized carbons (Fsp3) is 0.308. The van der Waals surface area contributed by atoms with E-state index in [9.17, 15) is 4.79 Å².